The molecular formula is C39H70N2. The van der Waals surface area contributed by atoms with Crippen molar-refractivity contribution in [1.82, 2.24) is 4.90 Å². The Morgan fingerprint density at radius 1 is 0.439 bits per heavy atom. The lowest BCUT2D eigenvalue weighted by atomic mass is 10.0. The molecule has 0 saturated heterocycles. The van der Waals surface area contributed by atoms with Crippen molar-refractivity contribution in [2.75, 3.05) is 11.4 Å². The van der Waals surface area contributed by atoms with Crippen molar-refractivity contribution in [1.29, 1.82) is 0 Å². The predicted octanol–water partition coefficient (Wildman–Crippen LogP) is 13.2. The number of hydrogen-bond acceptors (Lipinski definition) is 2. The molecule has 1 aliphatic heterocycles. The van der Waals surface area contributed by atoms with E-state index in [1.165, 1.54) is 186 Å². The average Bonchev–Trinajstić information content (AvgIpc) is 3.40. The Morgan fingerprint density at radius 3 is 1.27 bits per heavy atom. The molecule has 41 heavy (non-hydrogen) atoms. The molecule has 0 bridgehead atoms. The lowest BCUT2D eigenvalue weighted by Crippen LogP contribution is -2.39. The van der Waals surface area contributed by atoms with Gasteiger partial charge in [-0.1, -0.05) is 186 Å². The van der Waals surface area contributed by atoms with Crippen molar-refractivity contribution >= 4 is 5.69 Å². The molecule has 1 atom stereocenters. The molecule has 0 fully saturated rings. The third-order valence-corrected chi connectivity index (χ3v) is 9.26. The smallest absolute Gasteiger partial charge is 0.105 e. The monoisotopic (exact) mass is 567 g/mol. The molecule has 0 amide bonds. The van der Waals surface area contributed by atoms with Gasteiger partial charge in [0.05, 0.1) is 0 Å². The van der Waals surface area contributed by atoms with E-state index in [4.69, 9.17) is 0 Å². The van der Waals surface area contributed by atoms with Gasteiger partial charge in [-0.25, -0.2) is 0 Å². The summed E-state index contributed by atoms with van der Waals surface area (Å²) in [5.74, 6) is 0. The minimum atomic E-state index is 0.502. The minimum absolute atomic E-state index is 0.502. The highest BCUT2D eigenvalue weighted by molar-refractivity contribution is 5.51. The molecule has 0 aromatic heterocycles. The van der Waals surface area contributed by atoms with Crippen LogP contribution in [0.3, 0.4) is 0 Å². The lowest BCUT2D eigenvalue weighted by Gasteiger charge is -2.33. The van der Waals surface area contributed by atoms with E-state index in [1.54, 1.807) is 0 Å². The Balaban J connectivity index is 1.54. The van der Waals surface area contributed by atoms with E-state index < -0.39 is 0 Å². The van der Waals surface area contributed by atoms with Crippen LogP contribution in [-0.4, -0.2) is 17.6 Å². The van der Waals surface area contributed by atoms with Crippen LogP contribution in [0.5, 0.6) is 0 Å². The number of hydrogen-bond donors (Lipinski definition) is 0. The topological polar surface area (TPSA) is 6.48 Å². The van der Waals surface area contributed by atoms with Crippen molar-refractivity contribution in [3.8, 4) is 0 Å². The summed E-state index contributed by atoms with van der Waals surface area (Å²) in [5, 5.41) is 0. The molecule has 2 heteroatoms. The van der Waals surface area contributed by atoms with Crippen LogP contribution in [0.25, 0.3) is 0 Å². The second-order valence-corrected chi connectivity index (χ2v) is 13.0. The van der Waals surface area contributed by atoms with Gasteiger partial charge in [0.25, 0.3) is 0 Å². The Labute approximate surface area is 257 Å². The molecule has 0 N–H and O–H groups in total. The number of unbranched alkanes of at least 4 members (excludes halogenated alkanes) is 24. The van der Waals surface area contributed by atoms with Crippen LogP contribution in [0.2, 0.25) is 0 Å². The lowest BCUT2D eigenvalue weighted by molar-refractivity contribution is 0.273. The number of rotatable bonds is 29. The van der Waals surface area contributed by atoms with Gasteiger partial charge in [0, 0.05) is 24.6 Å². The Kier molecular flexibility index (Phi) is 22.9. The fraction of sp³-hybridized carbons (Fsp3) is 0.795. The highest BCUT2D eigenvalue weighted by Crippen LogP contribution is 2.28. The zero-order chi connectivity index (χ0) is 29.1. The number of benzene rings is 1. The first-order valence-electron chi connectivity index (χ1n) is 18.6. The van der Waals surface area contributed by atoms with Crippen LogP contribution in [-0.2, 0) is 0 Å². The van der Waals surface area contributed by atoms with Crippen molar-refractivity contribution in [3.63, 3.8) is 0 Å². The first-order valence-corrected chi connectivity index (χ1v) is 18.6. The second kappa shape index (κ2) is 26.2. The summed E-state index contributed by atoms with van der Waals surface area (Å²) in [4.78, 5) is 5.17. The van der Waals surface area contributed by atoms with Gasteiger partial charge in [0.2, 0.25) is 0 Å². The van der Waals surface area contributed by atoms with Gasteiger partial charge in [-0.2, -0.15) is 0 Å². The fourth-order valence-electron chi connectivity index (χ4n) is 6.56. The summed E-state index contributed by atoms with van der Waals surface area (Å²) in [7, 11) is 0. The molecule has 0 radical (unpaired) electrons. The molecule has 1 heterocycles. The summed E-state index contributed by atoms with van der Waals surface area (Å²) in [5.41, 5.74) is 1.34. The molecule has 1 unspecified atom stereocenters. The highest BCUT2D eigenvalue weighted by atomic mass is 15.4. The van der Waals surface area contributed by atoms with E-state index >= 15 is 0 Å². The van der Waals surface area contributed by atoms with Crippen molar-refractivity contribution in [2.24, 2.45) is 0 Å². The maximum absolute atomic E-state index is 2.64. The summed E-state index contributed by atoms with van der Waals surface area (Å²) in [6, 6.07) is 11.0. The van der Waals surface area contributed by atoms with Gasteiger partial charge in [-0.05, 0) is 31.4 Å². The van der Waals surface area contributed by atoms with Crippen LogP contribution in [0.1, 0.15) is 187 Å². The first-order chi connectivity index (χ1) is 20.4. The molecule has 1 aromatic rings. The largest absolute Gasteiger partial charge is 0.356 e. The molecule has 236 valence electrons. The van der Waals surface area contributed by atoms with E-state index in [-0.39, 0.29) is 0 Å². The molecule has 2 rings (SSSR count). The molecule has 1 aromatic carbocycles. The maximum atomic E-state index is 2.64. The quantitative estimate of drug-likeness (QED) is 0.0890. The van der Waals surface area contributed by atoms with Gasteiger partial charge >= 0.3 is 0 Å². The van der Waals surface area contributed by atoms with Crippen LogP contribution in [0.15, 0.2) is 42.7 Å². The van der Waals surface area contributed by atoms with Gasteiger partial charge in [0.15, 0.2) is 0 Å². The standard InChI is InChI=1S/C39H70N2/c1-3-5-7-9-11-13-15-17-18-19-21-23-25-30-34-39-40(36-37-41(39)38-32-28-27-29-33-38)35-31-26-24-22-20-16-14-12-10-8-6-4-2/h27-29,32-33,36-37,39H,3-26,30-31,34-35H2,1-2H3. The molecule has 0 spiro atoms. The Hall–Kier alpha value is -1.44. The Morgan fingerprint density at radius 2 is 0.829 bits per heavy atom. The van der Waals surface area contributed by atoms with Crippen LogP contribution in [0.4, 0.5) is 5.69 Å². The number of nitrogens with zero attached hydrogens (tertiary/aromatic N) is 2. The van der Waals surface area contributed by atoms with E-state index in [0.29, 0.717) is 6.17 Å². The number of anilines is 1. The summed E-state index contributed by atoms with van der Waals surface area (Å²) < 4.78 is 0. The third-order valence-electron chi connectivity index (χ3n) is 9.26. The predicted molar refractivity (Wildman–Crippen MR) is 185 cm³/mol. The Bertz CT molecular complexity index is 699. The van der Waals surface area contributed by atoms with Crippen LogP contribution < -0.4 is 4.90 Å². The van der Waals surface area contributed by atoms with Crippen LogP contribution >= 0.6 is 0 Å². The maximum Gasteiger partial charge on any atom is 0.105 e. The van der Waals surface area contributed by atoms with E-state index in [0.717, 1.165) is 0 Å². The van der Waals surface area contributed by atoms with Gasteiger partial charge in [0.1, 0.15) is 6.17 Å². The summed E-state index contributed by atoms with van der Waals surface area (Å²) >= 11 is 0. The van der Waals surface area contributed by atoms with Crippen LogP contribution in [0, 0.1) is 0 Å². The van der Waals surface area contributed by atoms with Gasteiger partial charge in [-0.15, -0.1) is 0 Å². The van der Waals surface area contributed by atoms with Gasteiger partial charge in [-0.3, -0.25) is 0 Å². The van der Waals surface area contributed by atoms with E-state index in [2.05, 4.69) is 66.4 Å². The first kappa shape index (κ1) is 35.8. The molecule has 1 aliphatic rings. The molecule has 0 saturated carbocycles. The zero-order valence-corrected chi connectivity index (χ0v) is 27.8. The normalized spacial score (nSPS) is 14.9. The molecule has 0 aliphatic carbocycles. The summed E-state index contributed by atoms with van der Waals surface area (Å²) in [6.45, 7) is 5.82. The van der Waals surface area contributed by atoms with E-state index in [9.17, 15) is 0 Å². The highest BCUT2D eigenvalue weighted by Gasteiger charge is 2.26. The molecule has 2 nitrogen and oxygen atoms in total. The van der Waals surface area contributed by atoms with Crippen molar-refractivity contribution < 1.29 is 0 Å². The third kappa shape index (κ3) is 18.0. The zero-order valence-electron chi connectivity index (χ0n) is 27.8. The van der Waals surface area contributed by atoms with Crippen molar-refractivity contribution in [2.45, 2.75) is 193 Å². The minimum Gasteiger partial charge on any atom is -0.356 e. The fourth-order valence-corrected chi connectivity index (χ4v) is 6.56. The average molecular weight is 567 g/mol. The van der Waals surface area contributed by atoms with E-state index in [1.807, 2.05) is 0 Å². The summed E-state index contributed by atoms with van der Waals surface area (Å²) in [6.07, 6.45) is 43.6. The second-order valence-electron chi connectivity index (χ2n) is 13.0. The van der Waals surface area contributed by atoms with Crippen molar-refractivity contribution in [3.05, 3.63) is 42.7 Å². The number of para-hydroxylation sites is 1. The SMILES string of the molecule is CCCCCCCCCCCCCCCCC1N(CCCCCCCCCCCCCC)C=CN1c1ccccc1. The molecular weight excluding hydrogens is 496 g/mol. The van der Waals surface area contributed by atoms with Gasteiger partial charge < -0.3 is 9.80 Å².